The van der Waals surface area contributed by atoms with Crippen LogP contribution in [0.25, 0.3) is 0 Å². The van der Waals surface area contributed by atoms with E-state index in [4.69, 9.17) is 4.74 Å². The quantitative estimate of drug-likeness (QED) is 0.679. The van der Waals surface area contributed by atoms with Gasteiger partial charge in [-0.25, -0.2) is 4.79 Å². The third-order valence-corrected chi connectivity index (χ3v) is 2.80. The Kier molecular flexibility index (Phi) is 3.94. The average molecular weight is 219 g/mol. The van der Waals surface area contributed by atoms with Crippen LogP contribution in [-0.2, 0) is 11.3 Å². The molecule has 0 amide bonds. The summed E-state index contributed by atoms with van der Waals surface area (Å²) in [6.07, 6.45) is 4.22. The van der Waals surface area contributed by atoms with Crippen LogP contribution in [0.5, 0.6) is 0 Å². The van der Waals surface area contributed by atoms with Crippen molar-refractivity contribution in [2.24, 2.45) is 0 Å². The van der Waals surface area contributed by atoms with Gasteiger partial charge in [-0.05, 0) is 32.0 Å². The maximum Gasteiger partial charge on any atom is 0.338 e. The van der Waals surface area contributed by atoms with Gasteiger partial charge in [0.25, 0.3) is 0 Å². The lowest BCUT2D eigenvalue weighted by atomic mass is 10.1. The molecular weight excluding hydrogens is 202 g/mol. The molecule has 3 heteroatoms. The number of fused-ring (bicyclic) bond motifs is 1. The molecule has 3 nitrogen and oxygen atoms in total. The van der Waals surface area contributed by atoms with Crippen molar-refractivity contribution in [3.8, 4) is 0 Å². The first-order valence-corrected chi connectivity index (χ1v) is 5.83. The second-order valence-corrected chi connectivity index (χ2v) is 4.04. The van der Waals surface area contributed by atoms with Crippen molar-refractivity contribution in [1.29, 1.82) is 0 Å². The van der Waals surface area contributed by atoms with Crippen LogP contribution in [0.1, 0.15) is 35.2 Å². The summed E-state index contributed by atoms with van der Waals surface area (Å²) in [5.74, 6) is -0.199. The number of esters is 1. The third-order valence-electron chi connectivity index (χ3n) is 2.80. The second kappa shape index (κ2) is 5.66. The number of hydrogen-bond donors (Lipinski definition) is 1. The van der Waals surface area contributed by atoms with E-state index in [9.17, 15) is 4.79 Å². The SMILES string of the molecule is C1CCNCC1.O=C1OCc2ccccc21. The van der Waals surface area contributed by atoms with E-state index in [1.165, 1.54) is 32.4 Å². The monoisotopic (exact) mass is 219 g/mol. The van der Waals surface area contributed by atoms with E-state index in [1.807, 2.05) is 18.2 Å². The van der Waals surface area contributed by atoms with E-state index in [-0.39, 0.29) is 5.97 Å². The van der Waals surface area contributed by atoms with Crippen molar-refractivity contribution >= 4 is 5.97 Å². The van der Waals surface area contributed by atoms with Gasteiger partial charge in [-0.2, -0.15) is 0 Å². The minimum atomic E-state index is -0.199. The van der Waals surface area contributed by atoms with Gasteiger partial charge in [0.05, 0.1) is 5.56 Å². The van der Waals surface area contributed by atoms with Gasteiger partial charge in [0.2, 0.25) is 0 Å². The molecule has 86 valence electrons. The molecule has 0 saturated carbocycles. The van der Waals surface area contributed by atoms with Crippen LogP contribution in [0.3, 0.4) is 0 Å². The Morgan fingerprint density at radius 3 is 2.38 bits per heavy atom. The van der Waals surface area contributed by atoms with Gasteiger partial charge in [-0.15, -0.1) is 0 Å². The van der Waals surface area contributed by atoms with Crippen molar-refractivity contribution in [3.05, 3.63) is 35.4 Å². The highest BCUT2D eigenvalue weighted by molar-refractivity contribution is 5.93. The first-order valence-electron chi connectivity index (χ1n) is 5.83. The van der Waals surface area contributed by atoms with Crippen molar-refractivity contribution in [2.45, 2.75) is 25.9 Å². The molecule has 0 radical (unpaired) electrons. The minimum Gasteiger partial charge on any atom is -0.457 e. The number of nitrogens with one attached hydrogen (secondary N) is 1. The Bertz CT molecular complexity index is 347. The molecule has 0 unspecified atom stereocenters. The summed E-state index contributed by atoms with van der Waals surface area (Å²) in [6.45, 7) is 2.94. The van der Waals surface area contributed by atoms with Crippen LogP contribution >= 0.6 is 0 Å². The van der Waals surface area contributed by atoms with Crippen LogP contribution in [0.2, 0.25) is 0 Å². The fraction of sp³-hybridized carbons (Fsp3) is 0.462. The number of carbonyl (C=O) groups excluding carboxylic acids is 1. The molecule has 1 saturated heterocycles. The number of carbonyl (C=O) groups is 1. The predicted molar refractivity (Wildman–Crippen MR) is 62.3 cm³/mol. The van der Waals surface area contributed by atoms with E-state index in [1.54, 1.807) is 6.07 Å². The lowest BCUT2D eigenvalue weighted by Crippen LogP contribution is -2.21. The molecule has 0 aliphatic carbocycles. The smallest absolute Gasteiger partial charge is 0.338 e. The second-order valence-electron chi connectivity index (χ2n) is 4.04. The molecule has 1 aromatic carbocycles. The van der Waals surface area contributed by atoms with Gasteiger partial charge in [0, 0.05) is 5.56 Å². The lowest BCUT2D eigenvalue weighted by Gasteiger charge is -2.08. The Morgan fingerprint density at radius 2 is 1.81 bits per heavy atom. The molecule has 16 heavy (non-hydrogen) atoms. The summed E-state index contributed by atoms with van der Waals surface area (Å²) in [5, 5.41) is 3.28. The molecule has 0 bridgehead atoms. The van der Waals surface area contributed by atoms with E-state index >= 15 is 0 Å². The van der Waals surface area contributed by atoms with Gasteiger partial charge in [0.15, 0.2) is 0 Å². The summed E-state index contributed by atoms with van der Waals surface area (Å²) in [5.41, 5.74) is 1.70. The van der Waals surface area contributed by atoms with Crippen LogP contribution in [-0.4, -0.2) is 19.1 Å². The molecular formula is C13H17NO2. The summed E-state index contributed by atoms with van der Waals surface area (Å²) >= 11 is 0. The molecule has 0 spiro atoms. The molecule has 3 rings (SSSR count). The maximum absolute atomic E-state index is 10.8. The molecule has 0 atom stereocenters. The number of piperidine rings is 1. The molecule has 1 N–H and O–H groups in total. The number of hydrogen-bond acceptors (Lipinski definition) is 3. The van der Waals surface area contributed by atoms with Crippen LogP contribution in [0, 0.1) is 0 Å². The highest BCUT2D eigenvalue weighted by Crippen LogP contribution is 2.18. The predicted octanol–water partition coefficient (Wildman–Crippen LogP) is 2.12. The van der Waals surface area contributed by atoms with E-state index in [2.05, 4.69) is 5.32 Å². The number of cyclic esters (lactones) is 1. The fourth-order valence-electron chi connectivity index (χ4n) is 1.87. The van der Waals surface area contributed by atoms with Gasteiger partial charge in [-0.3, -0.25) is 0 Å². The number of ether oxygens (including phenoxy) is 1. The summed E-state index contributed by atoms with van der Waals surface area (Å²) in [7, 11) is 0. The normalized spacial score (nSPS) is 18.1. The van der Waals surface area contributed by atoms with Gasteiger partial charge < -0.3 is 10.1 Å². The van der Waals surface area contributed by atoms with Crippen molar-refractivity contribution in [2.75, 3.05) is 13.1 Å². The highest BCUT2D eigenvalue weighted by Gasteiger charge is 2.18. The summed E-state index contributed by atoms with van der Waals surface area (Å²) < 4.78 is 4.78. The molecule has 2 heterocycles. The van der Waals surface area contributed by atoms with Gasteiger partial charge in [0.1, 0.15) is 6.61 Å². The summed E-state index contributed by atoms with van der Waals surface area (Å²) in [6, 6.07) is 7.43. The minimum absolute atomic E-state index is 0.199. The molecule has 2 aliphatic heterocycles. The lowest BCUT2D eigenvalue weighted by molar-refractivity contribution is 0.0535. The first kappa shape index (κ1) is 11.1. The molecule has 2 aliphatic rings. The van der Waals surface area contributed by atoms with E-state index < -0.39 is 0 Å². The Labute approximate surface area is 95.8 Å². The van der Waals surface area contributed by atoms with Gasteiger partial charge in [-0.1, -0.05) is 24.6 Å². The average Bonchev–Trinajstić information content (AvgIpc) is 2.75. The van der Waals surface area contributed by atoms with Crippen LogP contribution in [0.4, 0.5) is 0 Å². The van der Waals surface area contributed by atoms with Gasteiger partial charge >= 0.3 is 5.97 Å². The Balaban J connectivity index is 0.000000138. The van der Waals surface area contributed by atoms with Crippen molar-refractivity contribution in [1.82, 2.24) is 5.32 Å². The third kappa shape index (κ3) is 2.83. The van der Waals surface area contributed by atoms with E-state index in [0.717, 1.165) is 5.56 Å². The van der Waals surface area contributed by atoms with Crippen LogP contribution in [0.15, 0.2) is 24.3 Å². The van der Waals surface area contributed by atoms with Crippen molar-refractivity contribution in [3.63, 3.8) is 0 Å². The number of benzene rings is 1. The molecule has 1 aromatic rings. The molecule has 1 fully saturated rings. The first-order chi connectivity index (χ1) is 7.88. The topological polar surface area (TPSA) is 38.3 Å². The number of rotatable bonds is 0. The van der Waals surface area contributed by atoms with E-state index in [0.29, 0.717) is 12.2 Å². The summed E-state index contributed by atoms with van der Waals surface area (Å²) in [4.78, 5) is 10.8. The van der Waals surface area contributed by atoms with Crippen LogP contribution < -0.4 is 5.32 Å². The van der Waals surface area contributed by atoms with Crippen molar-refractivity contribution < 1.29 is 9.53 Å². The zero-order valence-electron chi connectivity index (χ0n) is 9.37. The highest BCUT2D eigenvalue weighted by atomic mass is 16.5. The standard InChI is InChI=1S/C8H6O2.C5H11N/c9-8-7-4-2-1-3-6(7)5-10-8;1-2-4-6-5-3-1/h1-4H,5H2;6H,1-5H2. The Hall–Kier alpha value is -1.35. The Morgan fingerprint density at radius 1 is 1.06 bits per heavy atom. The fourth-order valence-corrected chi connectivity index (χ4v) is 1.87. The largest absolute Gasteiger partial charge is 0.457 e. The zero-order chi connectivity index (χ0) is 11.2. The maximum atomic E-state index is 10.8. The molecule has 0 aromatic heterocycles. The zero-order valence-corrected chi connectivity index (χ0v) is 9.37.